The molecule has 1 aliphatic rings. The van der Waals surface area contributed by atoms with Crippen LogP contribution in [0.3, 0.4) is 0 Å². The summed E-state index contributed by atoms with van der Waals surface area (Å²) in [7, 11) is 0. The van der Waals surface area contributed by atoms with Crippen molar-refractivity contribution < 1.29 is 15.0 Å². The molecule has 4 heteroatoms. The fourth-order valence-electron chi connectivity index (χ4n) is 3.64. The van der Waals surface area contributed by atoms with Crippen LogP contribution in [0.4, 0.5) is 0 Å². The van der Waals surface area contributed by atoms with Crippen LogP contribution in [-0.2, 0) is 18.7 Å². The molecule has 1 atom stereocenters. The predicted octanol–water partition coefficient (Wildman–Crippen LogP) is 3.80. The van der Waals surface area contributed by atoms with Gasteiger partial charge in [0.1, 0.15) is 11.4 Å². The van der Waals surface area contributed by atoms with Crippen LogP contribution in [-0.4, -0.2) is 21.0 Å². The highest BCUT2D eigenvalue weighted by Gasteiger charge is 2.31. The molecule has 4 rings (SSSR count). The summed E-state index contributed by atoms with van der Waals surface area (Å²) in [4.78, 5) is 14.8. The van der Waals surface area contributed by atoms with Crippen LogP contribution in [0, 0.1) is 0 Å². The topological polar surface area (TPSA) is 60.8 Å². The van der Waals surface area contributed by atoms with Crippen molar-refractivity contribution in [1.82, 2.24) is 4.90 Å². The number of rotatable bonds is 3. The minimum atomic E-state index is -1.41. The van der Waals surface area contributed by atoms with E-state index >= 15 is 0 Å². The molecule has 0 spiro atoms. The fourth-order valence-corrected chi connectivity index (χ4v) is 3.64. The molecule has 4 nitrogen and oxygen atoms in total. The smallest absolute Gasteiger partial charge is 0.254 e. The first-order chi connectivity index (χ1) is 13.0. The van der Waals surface area contributed by atoms with E-state index in [9.17, 15) is 15.0 Å². The third kappa shape index (κ3) is 3.09. The molecule has 1 unspecified atom stereocenters. The first kappa shape index (κ1) is 17.3. The molecule has 0 saturated heterocycles. The first-order valence-electron chi connectivity index (χ1n) is 8.94. The Hall–Kier alpha value is -3.11. The number of phenolic OH excluding ortho intramolecular Hbond substituents is 1. The average Bonchev–Trinajstić information content (AvgIpc) is 3.12. The highest BCUT2D eigenvalue weighted by atomic mass is 16.3. The third-order valence-corrected chi connectivity index (χ3v) is 5.23. The summed E-state index contributed by atoms with van der Waals surface area (Å²) in [5.41, 5.74) is 2.32. The normalized spacial score (nSPS) is 15.3. The van der Waals surface area contributed by atoms with Gasteiger partial charge in [-0.15, -0.1) is 0 Å². The van der Waals surface area contributed by atoms with Gasteiger partial charge in [-0.3, -0.25) is 4.79 Å². The van der Waals surface area contributed by atoms with Crippen LogP contribution in [0.2, 0.25) is 0 Å². The Morgan fingerprint density at radius 2 is 1.52 bits per heavy atom. The molecule has 0 saturated carbocycles. The summed E-state index contributed by atoms with van der Waals surface area (Å²) < 4.78 is 0. The second-order valence-corrected chi connectivity index (χ2v) is 7.10. The number of carbonyl (C=O) groups excluding carboxylic acids is 1. The second kappa shape index (κ2) is 6.56. The molecule has 136 valence electrons. The number of aliphatic hydroxyl groups is 1. The SMILES string of the molecule is CC(O)(c1ccccc1)c1cc(C(=O)N2Cc3ccccc3C2)ccc1O. The van der Waals surface area contributed by atoms with Gasteiger partial charge in [0.25, 0.3) is 5.91 Å². The van der Waals surface area contributed by atoms with Crippen LogP contribution in [0.15, 0.2) is 72.8 Å². The summed E-state index contributed by atoms with van der Waals surface area (Å²) in [6.45, 7) is 2.76. The van der Waals surface area contributed by atoms with Gasteiger partial charge in [-0.05, 0) is 41.8 Å². The number of fused-ring (bicyclic) bond motifs is 1. The number of hydrogen-bond acceptors (Lipinski definition) is 3. The van der Waals surface area contributed by atoms with Gasteiger partial charge in [0.2, 0.25) is 0 Å². The van der Waals surface area contributed by atoms with E-state index in [0.29, 0.717) is 29.8 Å². The van der Waals surface area contributed by atoms with Gasteiger partial charge in [0.15, 0.2) is 0 Å². The molecule has 0 fully saturated rings. The monoisotopic (exact) mass is 359 g/mol. The van der Waals surface area contributed by atoms with Gasteiger partial charge < -0.3 is 15.1 Å². The number of benzene rings is 3. The van der Waals surface area contributed by atoms with Crippen LogP contribution in [0.1, 0.15) is 39.5 Å². The van der Waals surface area contributed by atoms with E-state index in [1.54, 1.807) is 36.1 Å². The number of hydrogen-bond donors (Lipinski definition) is 2. The van der Waals surface area contributed by atoms with E-state index in [-0.39, 0.29) is 11.7 Å². The number of carbonyl (C=O) groups is 1. The molecule has 3 aromatic carbocycles. The molecule has 0 radical (unpaired) electrons. The Balaban J connectivity index is 1.66. The molecule has 0 bridgehead atoms. The minimum Gasteiger partial charge on any atom is -0.508 e. The lowest BCUT2D eigenvalue weighted by Crippen LogP contribution is -2.27. The maximum absolute atomic E-state index is 13.0. The Morgan fingerprint density at radius 3 is 2.15 bits per heavy atom. The predicted molar refractivity (Wildman–Crippen MR) is 103 cm³/mol. The van der Waals surface area contributed by atoms with Crippen molar-refractivity contribution in [1.29, 1.82) is 0 Å². The van der Waals surface area contributed by atoms with Crippen molar-refractivity contribution in [2.24, 2.45) is 0 Å². The number of phenols is 1. The van der Waals surface area contributed by atoms with Crippen molar-refractivity contribution in [3.63, 3.8) is 0 Å². The highest BCUT2D eigenvalue weighted by Crippen LogP contribution is 2.36. The standard InChI is InChI=1S/C23H21NO3/c1-23(27,19-9-3-2-4-10-19)20-13-16(11-12-21(20)25)22(26)24-14-17-7-5-6-8-18(17)15-24/h2-13,25,27H,14-15H2,1H3. The number of nitrogens with zero attached hydrogens (tertiary/aromatic N) is 1. The third-order valence-electron chi connectivity index (χ3n) is 5.23. The Labute approximate surface area is 158 Å². The van der Waals surface area contributed by atoms with Crippen molar-refractivity contribution in [3.8, 4) is 5.75 Å². The zero-order valence-corrected chi connectivity index (χ0v) is 15.1. The Kier molecular flexibility index (Phi) is 4.21. The molecular weight excluding hydrogens is 338 g/mol. The van der Waals surface area contributed by atoms with E-state index in [0.717, 1.165) is 11.1 Å². The van der Waals surface area contributed by atoms with Crippen LogP contribution < -0.4 is 0 Å². The Bertz CT molecular complexity index is 971. The summed E-state index contributed by atoms with van der Waals surface area (Å²) in [5.74, 6) is -0.151. The molecule has 0 aromatic heterocycles. The maximum atomic E-state index is 13.0. The van der Waals surface area contributed by atoms with Gasteiger partial charge >= 0.3 is 0 Å². The lowest BCUT2D eigenvalue weighted by Gasteiger charge is -2.26. The van der Waals surface area contributed by atoms with Gasteiger partial charge in [0, 0.05) is 24.2 Å². The zero-order valence-electron chi connectivity index (χ0n) is 15.1. The van der Waals surface area contributed by atoms with Crippen LogP contribution in [0.25, 0.3) is 0 Å². The van der Waals surface area contributed by atoms with E-state index in [1.165, 1.54) is 6.07 Å². The minimum absolute atomic E-state index is 0.0369. The summed E-state index contributed by atoms with van der Waals surface area (Å²) in [5, 5.41) is 21.4. The van der Waals surface area contributed by atoms with Crippen molar-refractivity contribution >= 4 is 5.91 Å². The zero-order chi connectivity index (χ0) is 19.0. The van der Waals surface area contributed by atoms with E-state index < -0.39 is 5.60 Å². The number of aromatic hydroxyl groups is 1. The van der Waals surface area contributed by atoms with Crippen molar-refractivity contribution in [2.75, 3.05) is 0 Å². The summed E-state index contributed by atoms with van der Waals surface area (Å²) >= 11 is 0. The first-order valence-corrected chi connectivity index (χ1v) is 8.94. The molecule has 1 heterocycles. The van der Waals surface area contributed by atoms with Crippen molar-refractivity contribution in [2.45, 2.75) is 25.6 Å². The lowest BCUT2D eigenvalue weighted by atomic mass is 9.86. The largest absolute Gasteiger partial charge is 0.508 e. The number of amides is 1. The molecule has 3 aromatic rings. The second-order valence-electron chi connectivity index (χ2n) is 7.10. The van der Waals surface area contributed by atoms with E-state index in [1.807, 2.05) is 42.5 Å². The molecular formula is C23H21NO3. The summed E-state index contributed by atoms with van der Waals surface area (Å²) in [6.07, 6.45) is 0. The molecule has 1 amide bonds. The Morgan fingerprint density at radius 1 is 0.926 bits per heavy atom. The highest BCUT2D eigenvalue weighted by molar-refractivity contribution is 5.95. The van der Waals surface area contributed by atoms with Crippen LogP contribution >= 0.6 is 0 Å². The van der Waals surface area contributed by atoms with E-state index in [4.69, 9.17) is 0 Å². The van der Waals surface area contributed by atoms with Gasteiger partial charge in [-0.25, -0.2) is 0 Å². The van der Waals surface area contributed by atoms with Gasteiger partial charge in [0.05, 0.1) is 0 Å². The molecule has 2 N–H and O–H groups in total. The lowest BCUT2D eigenvalue weighted by molar-refractivity contribution is 0.0749. The van der Waals surface area contributed by atoms with Crippen LogP contribution in [0.5, 0.6) is 5.75 Å². The fraction of sp³-hybridized carbons (Fsp3) is 0.174. The maximum Gasteiger partial charge on any atom is 0.254 e. The van der Waals surface area contributed by atoms with Crippen molar-refractivity contribution in [3.05, 3.63) is 101 Å². The molecule has 0 aliphatic carbocycles. The van der Waals surface area contributed by atoms with Gasteiger partial charge in [-0.2, -0.15) is 0 Å². The quantitative estimate of drug-likeness (QED) is 0.748. The summed E-state index contributed by atoms with van der Waals surface area (Å²) in [6, 6.07) is 21.8. The van der Waals surface area contributed by atoms with Gasteiger partial charge in [-0.1, -0.05) is 54.6 Å². The average molecular weight is 359 g/mol. The van der Waals surface area contributed by atoms with E-state index in [2.05, 4.69) is 0 Å². The molecule has 27 heavy (non-hydrogen) atoms. The molecule has 1 aliphatic heterocycles.